The molecular weight excluding hydrogens is 262 g/mol. The lowest BCUT2D eigenvalue weighted by Gasteiger charge is -2.07. The molecule has 2 rings (SSSR count). The highest BCUT2D eigenvalue weighted by molar-refractivity contribution is 6.42. The average molecular weight is 270 g/mol. The number of hydrogen-bond acceptors (Lipinski definition) is 1. The van der Waals surface area contributed by atoms with Crippen LogP contribution in [-0.4, -0.2) is 0 Å². The van der Waals surface area contributed by atoms with Gasteiger partial charge in [-0.3, -0.25) is 0 Å². The van der Waals surface area contributed by atoms with E-state index in [4.69, 9.17) is 27.9 Å². The summed E-state index contributed by atoms with van der Waals surface area (Å²) >= 11 is 11.6. The molecule has 2 aromatic rings. The molecule has 17 heavy (non-hydrogen) atoms. The Labute approximate surface area is 109 Å². The average Bonchev–Trinajstić information content (AvgIpc) is 2.32. The number of benzene rings is 2. The molecule has 1 nitrogen and oxygen atoms in total. The van der Waals surface area contributed by atoms with Crippen molar-refractivity contribution in [1.82, 2.24) is 0 Å². The monoisotopic (exact) mass is 269 g/mol. The van der Waals surface area contributed by atoms with Gasteiger partial charge in [0.1, 0.15) is 6.61 Å². The van der Waals surface area contributed by atoms with Crippen molar-refractivity contribution in [2.45, 2.75) is 6.61 Å². The molecule has 0 bridgehead atoms. The lowest BCUT2D eigenvalue weighted by atomic mass is 10.2. The summed E-state index contributed by atoms with van der Waals surface area (Å²) < 4.78 is 18.6. The van der Waals surface area contributed by atoms with Crippen LogP contribution in [0.3, 0.4) is 0 Å². The van der Waals surface area contributed by atoms with Crippen LogP contribution >= 0.6 is 23.2 Å². The van der Waals surface area contributed by atoms with Gasteiger partial charge < -0.3 is 4.74 Å². The Morgan fingerprint density at radius 3 is 2.71 bits per heavy atom. The van der Waals surface area contributed by atoms with E-state index in [1.54, 1.807) is 24.3 Å². The molecule has 0 N–H and O–H groups in total. The Kier molecular flexibility index (Phi) is 3.87. The minimum Gasteiger partial charge on any atom is -0.486 e. The van der Waals surface area contributed by atoms with Gasteiger partial charge in [-0.1, -0.05) is 35.3 Å². The molecule has 0 aliphatic rings. The Morgan fingerprint density at radius 1 is 1.18 bits per heavy atom. The molecule has 0 unspecified atom stereocenters. The van der Waals surface area contributed by atoms with Gasteiger partial charge >= 0.3 is 0 Å². The fraction of sp³-hybridized carbons (Fsp3) is 0.0769. The van der Waals surface area contributed by atoms with Crippen LogP contribution in [0.15, 0.2) is 36.4 Å². The molecule has 0 heterocycles. The van der Waals surface area contributed by atoms with Gasteiger partial charge in [0.05, 0.1) is 10.0 Å². The summed E-state index contributed by atoms with van der Waals surface area (Å²) in [6.45, 7) is 0.234. The summed E-state index contributed by atoms with van der Waals surface area (Å²) in [7, 11) is 0. The van der Waals surface area contributed by atoms with Crippen molar-refractivity contribution in [3.63, 3.8) is 0 Å². The van der Waals surface area contributed by atoms with Crippen molar-refractivity contribution in [3.8, 4) is 5.75 Å². The van der Waals surface area contributed by atoms with Crippen molar-refractivity contribution >= 4 is 23.2 Å². The van der Waals surface area contributed by atoms with E-state index in [1.165, 1.54) is 12.1 Å². The van der Waals surface area contributed by atoms with Gasteiger partial charge in [0.15, 0.2) is 11.6 Å². The van der Waals surface area contributed by atoms with Gasteiger partial charge in [0.2, 0.25) is 0 Å². The third-order valence-corrected chi connectivity index (χ3v) is 2.89. The first-order chi connectivity index (χ1) is 8.16. The summed E-state index contributed by atoms with van der Waals surface area (Å²) in [4.78, 5) is 0. The number of hydrogen-bond donors (Lipinski definition) is 0. The summed E-state index contributed by atoms with van der Waals surface area (Å²) in [6.07, 6.45) is 0. The maximum atomic E-state index is 13.2. The second-order valence-electron chi connectivity index (χ2n) is 3.39. The van der Waals surface area contributed by atoms with Gasteiger partial charge in [0.25, 0.3) is 0 Å². The van der Waals surface area contributed by atoms with Gasteiger partial charge in [-0.05, 0) is 35.9 Å². The van der Waals surface area contributed by atoms with Gasteiger partial charge in [-0.15, -0.1) is 0 Å². The smallest absolute Gasteiger partial charge is 0.165 e. The molecule has 87 valence electrons. The Morgan fingerprint density at radius 2 is 2.00 bits per heavy atom. The van der Waals surface area contributed by atoms with Crippen molar-refractivity contribution in [2.75, 3.05) is 0 Å². The van der Waals surface area contributed by atoms with Crippen molar-refractivity contribution in [1.29, 1.82) is 0 Å². The molecule has 4 heteroatoms. The molecule has 0 fully saturated rings. The normalized spacial score (nSPS) is 10.3. The van der Waals surface area contributed by atoms with Crippen LogP contribution in [0.4, 0.5) is 4.39 Å². The maximum absolute atomic E-state index is 13.2. The van der Waals surface area contributed by atoms with Crippen LogP contribution in [0.1, 0.15) is 5.56 Å². The highest BCUT2D eigenvalue weighted by atomic mass is 35.5. The van der Waals surface area contributed by atoms with Crippen molar-refractivity contribution in [2.24, 2.45) is 0 Å². The van der Waals surface area contributed by atoms with E-state index >= 15 is 0 Å². The zero-order chi connectivity index (χ0) is 12.3. The van der Waals surface area contributed by atoms with E-state index in [0.717, 1.165) is 5.56 Å². The molecule has 0 amide bonds. The molecule has 0 saturated carbocycles. The molecule has 0 aromatic heterocycles. The Hall–Kier alpha value is -1.25. The zero-order valence-electron chi connectivity index (χ0n) is 8.71. The van der Waals surface area contributed by atoms with E-state index in [0.29, 0.717) is 10.0 Å². The van der Waals surface area contributed by atoms with E-state index in [-0.39, 0.29) is 12.4 Å². The summed E-state index contributed by atoms with van der Waals surface area (Å²) in [6, 6.07) is 12.1. The minimum absolute atomic E-state index is 0.190. The Balaban J connectivity index is 2.08. The van der Waals surface area contributed by atoms with Crippen LogP contribution in [0.2, 0.25) is 10.0 Å². The fourth-order valence-corrected chi connectivity index (χ4v) is 1.62. The maximum Gasteiger partial charge on any atom is 0.165 e. The van der Waals surface area contributed by atoms with Crippen LogP contribution < -0.4 is 4.74 Å². The second kappa shape index (κ2) is 5.39. The largest absolute Gasteiger partial charge is 0.486 e. The first kappa shape index (κ1) is 12.2. The predicted molar refractivity (Wildman–Crippen MR) is 66.0 cm³/mol. The quantitative estimate of drug-likeness (QED) is 0.797. The standard InChI is InChI=1S/C13H8Cl2FO/c14-10-6-5-9(7-11(10)15)8-17-13-4-2-1-3-12(13)16/h2-7H,8H2. The third-order valence-electron chi connectivity index (χ3n) is 2.15. The molecule has 0 atom stereocenters. The summed E-state index contributed by atoms with van der Waals surface area (Å²) in [5.74, 6) is -0.248. The highest BCUT2D eigenvalue weighted by Gasteiger charge is 2.03. The first-order valence-corrected chi connectivity index (χ1v) is 5.65. The van der Waals surface area contributed by atoms with Crippen LogP contribution in [0, 0.1) is 11.9 Å². The van der Waals surface area contributed by atoms with Gasteiger partial charge in [0, 0.05) is 0 Å². The zero-order valence-corrected chi connectivity index (χ0v) is 10.2. The third kappa shape index (κ3) is 3.11. The van der Waals surface area contributed by atoms with E-state index in [2.05, 4.69) is 6.07 Å². The van der Waals surface area contributed by atoms with E-state index in [9.17, 15) is 4.39 Å². The summed E-state index contributed by atoms with van der Waals surface area (Å²) in [5, 5.41) is 0.936. The van der Waals surface area contributed by atoms with E-state index < -0.39 is 5.82 Å². The highest BCUT2D eigenvalue weighted by Crippen LogP contribution is 2.23. The van der Waals surface area contributed by atoms with Crippen LogP contribution in [0.25, 0.3) is 0 Å². The van der Waals surface area contributed by atoms with Gasteiger partial charge in [-0.2, -0.15) is 0 Å². The molecule has 2 aromatic carbocycles. The molecular formula is C13H8Cl2FO. The minimum atomic E-state index is -0.437. The number of rotatable bonds is 3. The molecule has 0 saturated heterocycles. The molecule has 0 aliphatic carbocycles. The van der Waals surface area contributed by atoms with Crippen LogP contribution in [-0.2, 0) is 6.61 Å². The van der Waals surface area contributed by atoms with Crippen LogP contribution in [0.5, 0.6) is 5.75 Å². The molecule has 0 spiro atoms. The molecule has 0 aliphatic heterocycles. The Bertz CT molecular complexity index is 529. The lowest BCUT2D eigenvalue weighted by molar-refractivity contribution is 0.290. The topological polar surface area (TPSA) is 9.23 Å². The van der Waals surface area contributed by atoms with Gasteiger partial charge in [-0.25, -0.2) is 4.39 Å². The second-order valence-corrected chi connectivity index (χ2v) is 4.21. The van der Waals surface area contributed by atoms with Crippen molar-refractivity contribution < 1.29 is 9.13 Å². The summed E-state index contributed by atoms with van der Waals surface area (Å²) in [5.41, 5.74) is 0.826. The SMILES string of the molecule is Fc1c[c]ccc1OCc1ccc(Cl)c(Cl)c1. The van der Waals surface area contributed by atoms with E-state index in [1.807, 2.05) is 0 Å². The first-order valence-electron chi connectivity index (χ1n) is 4.89. The predicted octanol–water partition coefficient (Wildman–Crippen LogP) is 4.51. The molecule has 1 radical (unpaired) electrons. The fourth-order valence-electron chi connectivity index (χ4n) is 1.30. The lowest BCUT2D eigenvalue weighted by Crippen LogP contribution is -1.97. The van der Waals surface area contributed by atoms with Crippen molar-refractivity contribution in [3.05, 3.63) is 63.9 Å². The number of halogens is 3. The number of ether oxygens (including phenoxy) is 1.